The normalized spacial score (nSPS) is 12.2. The molecule has 0 aliphatic heterocycles. The van der Waals surface area contributed by atoms with Gasteiger partial charge in [-0.25, -0.2) is 9.78 Å². The molecule has 10 nitrogen and oxygen atoms in total. The number of carbonyl (C=O) groups excluding carboxylic acids is 3. The number of unbranched alkanes of at least 4 members (excludes halogenated alkanes) is 15. The van der Waals surface area contributed by atoms with Crippen molar-refractivity contribution in [1.82, 2.24) is 10.3 Å². The summed E-state index contributed by atoms with van der Waals surface area (Å²) >= 11 is 0. The molecule has 0 radical (unpaired) electrons. The number of ether oxygens (including phenoxy) is 2. The van der Waals surface area contributed by atoms with Crippen molar-refractivity contribution in [3.63, 3.8) is 0 Å². The minimum absolute atomic E-state index is 0.0613. The number of hydrogen-bond donors (Lipinski definition) is 4. The average Bonchev–Trinajstić information content (AvgIpc) is 4.05. The molecule has 1 aromatic heterocycles. The predicted octanol–water partition coefficient (Wildman–Crippen LogP) is 10.5. The number of hydrogen-bond acceptors (Lipinski definition) is 7. The van der Waals surface area contributed by atoms with Gasteiger partial charge in [0.05, 0.1) is 13.7 Å². The topological polar surface area (TPSA) is 156 Å². The van der Waals surface area contributed by atoms with Crippen LogP contribution in [0.3, 0.4) is 0 Å². The highest BCUT2D eigenvalue weighted by Crippen LogP contribution is 2.35. The van der Waals surface area contributed by atoms with Crippen LogP contribution in [0.2, 0.25) is 0 Å². The number of benzene rings is 2. The molecular formula is C46H63N5O5. The summed E-state index contributed by atoms with van der Waals surface area (Å²) in [4.78, 5) is 45.3. The first-order valence-corrected chi connectivity index (χ1v) is 20.8. The summed E-state index contributed by atoms with van der Waals surface area (Å²) < 4.78 is 11.4. The first kappa shape index (κ1) is 43.7. The molecule has 0 bridgehead atoms. The molecule has 5 N–H and O–H groups in total. The van der Waals surface area contributed by atoms with Crippen molar-refractivity contribution in [2.45, 2.75) is 122 Å². The molecule has 10 heteroatoms. The van der Waals surface area contributed by atoms with E-state index < -0.39 is 11.9 Å². The third-order valence-corrected chi connectivity index (χ3v) is 10.4. The van der Waals surface area contributed by atoms with Gasteiger partial charge in [0.15, 0.2) is 5.69 Å². The fourth-order valence-corrected chi connectivity index (χ4v) is 6.77. The number of aromatic nitrogens is 1. The molecule has 4 rings (SSSR count). The summed E-state index contributed by atoms with van der Waals surface area (Å²) in [5, 5.41) is 13.5. The van der Waals surface area contributed by atoms with Gasteiger partial charge in [0.2, 0.25) is 0 Å². The van der Waals surface area contributed by atoms with Crippen LogP contribution in [0.5, 0.6) is 5.75 Å². The number of carbonyl (C=O) groups is 3. The van der Waals surface area contributed by atoms with Crippen LogP contribution in [0.4, 0.5) is 5.69 Å². The molecule has 56 heavy (non-hydrogen) atoms. The number of anilines is 1. The number of nitrogens with two attached hydrogens (primary N) is 1. The van der Waals surface area contributed by atoms with Gasteiger partial charge in [-0.05, 0) is 73.7 Å². The van der Waals surface area contributed by atoms with Gasteiger partial charge in [0.25, 0.3) is 11.8 Å². The second-order valence-electron chi connectivity index (χ2n) is 15.0. The molecule has 1 fully saturated rings. The zero-order valence-electron chi connectivity index (χ0n) is 33.7. The Kier molecular flexibility index (Phi) is 18.6. The van der Waals surface area contributed by atoms with E-state index in [9.17, 15) is 14.4 Å². The zero-order chi connectivity index (χ0) is 40.1. The summed E-state index contributed by atoms with van der Waals surface area (Å²) in [5.74, 6) is -0.672. The maximum absolute atomic E-state index is 13.9. The summed E-state index contributed by atoms with van der Waals surface area (Å²) in [7, 11) is 1.52. The van der Waals surface area contributed by atoms with Crippen LogP contribution < -0.4 is 21.1 Å². The van der Waals surface area contributed by atoms with Crippen molar-refractivity contribution >= 4 is 35.4 Å². The highest BCUT2D eigenvalue weighted by molar-refractivity contribution is 6.11. The molecular weight excluding hydrogens is 703 g/mol. The van der Waals surface area contributed by atoms with Gasteiger partial charge >= 0.3 is 5.97 Å². The molecule has 2 amide bonds. The van der Waals surface area contributed by atoms with Gasteiger partial charge in [-0.15, -0.1) is 0 Å². The van der Waals surface area contributed by atoms with Gasteiger partial charge in [0, 0.05) is 40.0 Å². The Morgan fingerprint density at radius 1 is 0.821 bits per heavy atom. The van der Waals surface area contributed by atoms with Gasteiger partial charge in [-0.1, -0.05) is 116 Å². The molecule has 0 spiro atoms. The van der Waals surface area contributed by atoms with Gasteiger partial charge in [0.1, 0.15) is 17.3 Å². The Bertz CT molecular complexity index is 1750. The van der Waals surface area contributed by atoms with Crippen LogP contribution in [0.25, 0.3) is 17.2 Å². The van der Waals surface area contributed by atoms with Crippen LogP contribution in [0, 0.1) is 11.3 Å². The van der Waals surface area contributed by atoms with Crippen molar-refractivity contribution < 1.29 is 23.9 Å². The molecule has 1 aliphatic rings. The van der Waals surface area contributed by atoms with Gasteiger partial charge < -0.3 is 25.8 Å². The average molecular weight is 766 g/mol. The predicted molar refractivity (Wildman–Crippen MR) is 227 cm³/mol. The van der Waals surface area contributed by atoms with Crippen molar-refractivity contribution in [2.75, 3.05) is 25.6 Å². The number of rotatable bonds is 27. The molecule has 1 heterocycles. The molecule has 1 aliphatic carbocycles. The van der Waals surface area contributed by atoms with Crippen LogP contribution >= 0.6 is 0 Å². The largest absolute Gasteiger partial charge is 0.496 e. The lowest BCUT2D eigenvalue weighted by Gasteiger charge is -2.17. The fraction of sp³-hybridized carbons (Fsp3) is 0.500. The van der Waals surface area contributed by atoms with Crippen molar-refractivity contribution in [3.8, 4) is 16.9 Å². The van der Waals surface area contributed by atoms with Crippen molar-refractivity contribution in [2.24, 2.45) is 11.7 Å². The number of methoxy groups -OCH3 is 1. The first-order valence-electron chi connectivity index (χ1n) is 20.8. The van der Waals surface area contributed by atoms with Crippen LogP contribution in [-0.2, 0) is 4.74 Å². The highest BCUT2D eigenvalue weighted by Gasteiger charge is 2.26. The van der Waals surface area contributed by atoms with Gasteiger partial charge in [-0.2, -0.15) is 0 Å². The van der Waals surface area contributed by atoms with Crippen LogP contribution in [-0.4, -0.2) is 48.9 Å². The standard InChI is InChI=1S/C46H63N5O5/c1-4-6-7-8-9-10-11-12-13-14-15-16-17-18-19-20-29-56-46(54)42-37(27-28-40(51-42)45(53)49-32-33-21-22-33)38-31-41(55-3)34(5-2)30-39(38)44(52)50-36-25-23-35(24-26-36)43(47)48/h5,23-28,30-31,33H,2,4,6-22,29,32H2,1,3H3,(H3,47,48)(H,49,53)(H,50,52). The van der Waals surface area contributed by atoms with Gasteiger partial charge in [-0.3, -0.25) is 15.0 Å². The lowest BCUT2D eigenvalue weighted by atomic mass is 9.94. The lowest BCUT2D eigenvalue weighted by Crippen LogP contribution is -2.27. The van der Waals surface area contributed by atoms with E-state index in [-0.39, 0.29) is 35.3 Å². The molecule has 302 valence electrons. The smallest absolute Gasteiger partial charge is 0.357 e. The zero-order valence-corrected chi connectivity index (χ0v) is 33.7. The molecule has 3 aromatic rings. The number of nitrogens with zero attached hydrogens (tertiary/aromatic N) is 1. The lowest BCUT2D eigenvalue weighted by molar-refractivity contribution is 0.0491. The number of amidine groups is 1. The minimum Gasteiger partial charge on any atom is -0.496 e. The Morgan fingerprint density at radius 2 is 1.41 bits per heavy atom. The van der Waals surface area contributed by atoms with E-state index in [4.69, 9.17) is 20.6 Å². The summed E-state index contributed by atoms with van der Waals surface area (Å²) in [6.45, 7) is 6.92. The minimum atomic E-state index is -0.671. The maximum Gasteiger partial charge on any atom is 0.357 e. The number of pyridine rings is 1. The Labute approximate surface area is 333 Å². The van der Waals surface area contributed by atoms with Crippen molar-refractivity contribution in [3.05, 3.63) is 83.2 Å². The third kappa shape index (κ3) is 14.3. The van der Waals surface area contributed by atoms with E-state index in [0.29, 0.717) is 46.2 Å². The monoisotopic (exact) mass is 765 g/mol. The fourth-order valence-electron chi connectivity index (χ4n) is 6.77. The van der Waals surface area contributed by atoms with E-state index >= 15 is 0 Å². The number of nitrogen functional groups attached to an aromatic ring is 1. The van der Waals surface area contributed by atoms with Crippen molar-refractivity contribution in [1.29, 1.82) is 5.41 Å². The molecule has 0 atom stereocenters. The summed E-state index contributed by atoms with van der Waals surface area (Å²) in [5.41, 5.74) is 8.15. The molecule has 2 aromatic carbocycles. The first-order chi connectivity index (χ1) is 27.2. The maximum atomic E-state index is 13.9. The second-order valence-corrected chi connectivity index (χ2v) is 15.0. The molecule has 1 saturated carbocycles. The molecule has 0 saturated heterocycles. The van der Waals surface area contributed by atoms with E-state index in [0.717, 1.165) is 32.1 Å². The number of esters is 1. The summed E-state index contributed by atoms with van der Waals surface area (Å²) in [6, 6.07) is 13.1. The quantitative estimate of drug-likeness (QED) is 0.0260. The summed E-state index contributed by atoms with van der Waals surface area (Å²) in [6.07, 6.45) is 23.7. The third-order valence-electron chi connectivity index (χ3n) is 10.4. The van der Waals surface area contributed by atoms with E-state index in [1.165, 1.54) is 90.6 Å². The number of nitrogens with one attached hydrogen (secondary N) is 3. The second kappa shape index (κ2) is 23.8. The Balaban J connectivity index is 1.40. The van der Waals surface area contributed by atoms with E-state index in [2.05, 4.69) is 29.1 Å². The van der Waals surface area contributed by atoms with Crippen LogP contribution in [0.15, 0.2) is 55.1 Å². The number of amides is 2. The SMILES string of the molecule is C=Cc1cc(C(=O)Nc2ccc(C(=N)N)cc2)c(-c2ccc(C(=O)NCC3CC3)nc2C(=O)OCCCCCCCCCCCCCCCCCC)cc1OC. The van der Waals surface area contributed by atoms with E-state index in [1.54, 1.807) is 54.6 Å². The van der Waals surface area contributed by atoms with E-state index in [1.807, 2.05) is 0 Å². The van der Waals surface area contributed by atoms with Crippen LogP contribution in [0.1, 0.15) is 165 Å². The Hall–Kier alpha value is -4.99. The highest BCUT2D eigenvalue weighted by atomic mass is 16.5. The molecule has 0 unspecified atom stereocenters. The Morgan fingerprint density at radius 3 is 1.95 bits per heavy atom.